The van der Waals surface area contributed by atoms with Gasteiger partial charge in [-0.1, -0.05) is 18.2 Å². The molecule has 0 bridgehead atoms. The zero-order chi connectivity index (χ0) is 17.8. The SMILES string of the molecule is COc1ccccc1CC(=O)OCc1cc(=O)n2ccc(C)cc2n1. The smallest absolute Gasteiger partial charge is 0.310 e. The molecule has 3 rings (SSSR count). The number of esters is 1. The molecule has 0 aliphatic heterocycles. The normalized spacial score (nSPS) is 10.6. The number of hydrogen-bond donors (Lipinski definition) is 0. The molecule has 0 N–H and O–H groups in total. The van der Waals surface area contributed by atoms with Crippen LogP contribution in [0.2, 0.25) is 0 Å². The fourth-order valence-corrected chi connectivity index (χ4v) is 2.54. The molecule has 6 heteroatoms. The molecule has 0 aliphatic carbocycles. The number of methoxy groups -OCH3 is 1. The third-order valence-corrected chi connectivity index (χ3v) is 3.78. The van der Waals surface area contributed by atoms with E-state index < -0.39 is 5.97 Å². The summed E-state index contributed by atoms with van der Waals surface area (Å²) in [6, 6.07) is 12.3. The number of aromatic nitrogens is 2. The fraction of sp³-hybridized carbons (Fsp3) is 0.211. The third kappa shape index (κ3) is 3.85. The lowest BCUT2D eigenvalue weighted by atomic mass is 10.1. The third-order valence-electron chi connectivity index (χ3n) is 3.78. The Morgan fingerprint density at radius 3 is 2.80 bits per heavy atom. The van der Waals surface area contributed by atoms with Crippen molar-refractivity contribution in [2.75, 3.05) is 7.11 Å². The number of para-hydroxylation sites is 1. The summed E-state index contributed by atoms with van der Waals surface area (Å²) < 4.78 is 11.9. The Morgan fingerprint density at radius 1 is 1.20 bits per heavy atom. The molecule has 2 heterocycles. The van der Waals surface area contributed by atoms with Crippen molar-refractivity contribution in [1.82, 2.24) is 9.38 Å². The van der Waals surface area contributed by atoms with E-state index in [4.69, 9.17) is 9.47 Å². The van der Waals surface area contributed by atoms with Crippen molar-refractivity contribution in [3.63, 3.8) is 0 Å². The van der Waals surface area contributed by atoms with Gasteiger partial charge in [0.05, 0.1) is 19.2 Å². The number of nitrogens with zero attached hydrogens (tertiary/aromatic N) is 2. The zero-order valence-electron chi connectivity index (χ0n) is 14.1. The van der Waals surface area contributed by atoms with E-state index in [9.17, 15) is 9.59 Å². The standard InChI is InChI=1S/C19H18N2O4/c1-13-7-8-21-17(9-13)20-15(11-18(21)22)12-25-19(23)10-14-5-3-4-6-16(14)24-2/h3-9,11H,10,12H2,1-2H3. The highest BCUT2D eigenvalue weighted by atomic mass is 16.5. The summed E-state index contributed by atoms with van der Waals surface area (Å²) in [6.45, 7) is 1.87. The van der Waals surface area contributed by atoms with E-state index in [1.165, 1.54) is 10.5 Å². The number of ether oxygens (including phenoxy) is 2. The van der Waals surface area contributed by atoms with E-state index >= 15 is 0 Å². The molecule has 0 atom stereocenters. The van der Waals surface area contributed by atoms with Gasteiger partial charge in [0.2, 0.25) is 0 Å². The quantitative estimate of drug-likeness (QED) is 0.668. The van der Waals surface area contributed by atoms with Crippen LogP contribution in [0.25, 0.3) is 5.65 Å². The van der Waals surface area contributed by atoms with Crippen molar-refractivity contribution in [3.05, 3.63) is 75.8 Å². The van der Waals surface area contributed by atoms with E-state index in [2.05, 4.69) is 4.98 Å². The van der Waals surface area contributed by atoms with Gasteiger partial charge >= 0.3 is 5.97 Å². The monoisotopic (exact) mass is 338 g/mol. The fourth-order valence-electron chi connectivity index (χ4n) is 2.54. The Kier molecular flexibility index (Phi) is 4.79. The topological polar surface area (TPSA) is 69.9 Å². The van der Waals surface area contributed by atoms with E-state index in [0.717, 1.165) is 11.1 Å². The molecule has 0 aliphatic rings. The molecule has 0 saturated heterocycles. The lowest BCUT2D eigenvalue weighted by molar-refractivity contribution is -0.144. The number of carbonyl (C=O) groups excluding carboxylic acids is 1. The van der Waals surface area contributed by atoms with Gasteiger partial charge in [-0.05, 0) is 30.7 Å². The second kappa shape index (κ2) is 7.17. The van der Waals surface area contributed by atoms with Crippen LogP contribution in [0.1, 0.15) is 16.8 Å². The largest absolute Gasteiger partial charge is 0.496 e. The van der Waals surface area contributed by atoms with E-state index in [1.54, 1.807) is 19.4 Å². The van der Waals surface area contributed by atoms with Crippen molar-refractivity contribution >= 4 is 11.6 Å². The molecular formula is C19H18N2O4. The lowest BCUT2D eigenvalue weighted by Crippen LogP contribution is -2.17. The van der Waals surface area contributed by atoms with Gasteiger partial charge in [0.25, 0.3) is 5.56 Å². The van der Waals surface area contributed by atoms with E-state index in [-0.39, 0.29) is 18.6 Å². The zero-order valence-corrected chi connectivity index (χ0v) is 14.1. The molecule has 0 radical (unpaired) electrons. The first kappa shape index (κ1) is 16.7. The van der Waals surface area contributed by atoms with Crippen molar-refractivity contribution in [3.8, 4) is 5.75 Å². The number of fused-ring (bicyclic) bond motifs is 1. The minimum absolute atomic E-state index is 0.0480. The number of rotatable bonds is 5. The summed E-state index contributed by atoms with van der Waals surface area (Å²) in [7, 11) is 1.55. The van der Waals surface area contributed by atoms with Crippen molar-refractivity contribution in [1.29, 1.82) is 0 Å². The second-order valence-electron chi connectivity index (χ2n) is 5.67. The summed E-state index contributed by atoms with van der Waals surface area (Å²) >= 11 is 0. The summed E-state index contributed by atoms with van der Waals surface area (Å²) in [4.78, 5) is 28.5. The Bertz CT molecular complexity index is 979. The minimum atomic E-state index is -0.407. The molecule has 128 valence electrons. The molecule has 0 saturated carbocycles. The predicted molar refractivity (Wildman–Crippen MR) is 92.7 cm³/mol. The van der Waals surface area contributed by atoms with Crippen LogP contribution in [0.3, 0.4) is 0 Å². The van der Waals surface area contributed by atoms with Gasteiger partial charge in [0.15, 0.2) is 0 Å². The second-order valence-corrected chi connectivity index (χ2v) is 5.67. The average molecular weight is 338 g/mol. The lowest BCUT2D eigenvalue weighted by Gasteiger charge is -2.09. The van der Waals surface area contributed by atoms with Crippen LogP contribution in [0.5, 0.6) is 5.75 Å². The van der Waals surface area contributed by atoms with Crippen LogP contribution in [0.15, 0.2) is 53.5 Å². The Morgan fingerprint density at radius 2 is 2.00 bits per heavy atom. The molecule has 0 amide bonds. The number of hydrogen-bond acceptors (Lipinski definition) is 5. The van der Waals surface area contributed by atoms with Gasteiger partial charge in [-0.25, -0.2) is 4.98 Å². The Hall–Kier alpha value is -3.15. The number of carbonyl (C=O) groups is 1. The minimum Gasteiger partial charge on any atom is -0.496 e. The van der Waals surface area contributed by atoms with Crippen LogP contribution >= 0.6 is 0 Å². The molecule has 0 fully saturated rings. The number of benzene rings is 1. The summed E-state index contributed by atoms with van der Waals surface area (Å²) in [5.74, 6) is 0.229. The van der Waals surface area contributed by atoms with Crippen LogP contribution in [0, 0.1) is 6.92 Å². The molecule has 3 aromatic rings. The summed E-state index contributed by atoms with van der Waals surface area (Å²) in [5, 5.41) is 0. The highest BCUT2D eigenvalue weighted by Gasteiger charge is 2.11. The maximum absolute atomic E-state index is 12.1. The first-order valence-corrected chi connectivity index (χ1v) is 7.83. The first-order chi connectivity index (χ1) is 12.1. The van der Waals surface area contributed by atoms with Gasteiger partial charge in [0.1, 0.15) is 18.0 Å². The van der Waals surface area contributed by atoms with Crippen LogP contribution in [0.4, 0.5) is 0 Å². The van der Waals surface area contributed by atoms with Crippen molar-refractivity contribution < 1.29 is 14.3 Å². The maximum Gasteiger partial charge on any atom is 0.310 e. The molecular weight excluding hydrogens is 320 g/mol. The van der Waals surface area contributed by atoms with Crippen LogP contribution in [-0.2, 0) is 22.6 Å². The highest BCUT2D eigenvalue weighted by molar-refractivity contribution is 5.73. The highest BCUT2D eigenvalue weighted by Crippen LogP contribution is 2.18. The molecule has 6 nitrogen and oxygen atoms in total. The Balaban J connectivity index is 1.72. The Labute approximate surface area is 144 Å². The maximum atomic E-state index is 12.1. The van der Waals surface area contributed by atoms with Gasteiger partial charge in [0, 0.05) is 17.8 Å². The van der Waals surface area contributed by atoms with Gasteiger partial charge < -0.3 is 9.47 Å². The van der Waals surface area contributed by atoms with Crippen molar-refractivity contribution in [2.24, 2.45) is 0 Å². The molecule has 0 spiro atoms. The van der Waals surface area contributed by atoms with Gasteiger partial charge in [-0.3, -0.25) is 14.0 Å². The number of aryl methyl sites for hydroxylation is 1. The van der Waals surface area contributed by atoms with E-state index in [0.29, 0.717) is 17.1 Å². The molecule has 25 heavy (non-hydrogen) atoms. The average Bonchev–Trinajstić information content (AvgIpc) is 2.60. The van der Waals surface area contributed by atoms with Crippen LogP contribution < -0.4 is 10.3 Å². The summed E-state index contributed by atoms with van der Waals surface area (Å²) in [5.41, 5.74) is 2.49. The van der Waals surface area contributed by atoms with Crippen molar-refractivity contribution in [2.45, 2.75) is 20.0 Å². The van der Waals surface area contributed by atoms with Gasteiger partial charge in [-0.15, -0.1) is 0 Å². The van der Waals surface area contributed by atoms with E-state index in [1.807, 2.05) is 37.3 Å². The van der Waals surface area contributed by atoms with Gasteiger partial charge in [-0.2, -0.15) is 0 Å². The number of pyridine rings is 1. The molecule has 1 aromatic carbocycles. The molecule has 0 unspecified atom stereocenters. The van der Waals surface area contributed by atoms with Crippen LogP contribution in [-0.4, -0.2) is 22.5 Å². The predicted octanol–water partition coefficient (Wildman–Crippen LogP) is 2.30. The molecule has 2 aromatic heterocycles. The summed E-state index contributed by atoms with van der Waals surface area (Å²) in [6.07, 6.45) is 1.77. The first-order valence-electron chi connectivity index (χ1n) is 7.83.